The first-order chi connectivity index (χ1) is 11.4. The third-order valence-electron chi connectivity index (χ3n) is 3.54. The highest BCUT2D eigenvalue weighted by molar-refractivity contribution is 6.06. The molecule has 0 aliphatic rings. The molecule has 2 aromatic heterocycles. The smallest absolute Gasteiger partial charge is 0.349 e. The lowest BCUT2D eigenvalue weighted by Crippen LogP contribution is -2.21. The second-order valence-corrected chi connectivity index (χ2v) is 5.19. The van der Waals surface area contributed by atoms with Crippen molar-refractivity contribution in [3.8, 4) is 0 Å². The first kappa shape index (κ1) is 15.4. The fraction of sp³-hybridized carbons (Fsp3) is 0.133. The molecule has 1 aromatic carbocycles. The van der Waals surface area contributed by atoms with Crippen molar-refractivity contribution in [1.82, 2.24) is 10.2 Å². The number of carbonyl (C=O) groups is 1. The van der Waals surface area contributed by atoms with Crippen LogP contribution >= 0.6 is 0 Å². The van der Waals surface area contributed by atoms with Gasteiger partial charge in [0.25, 0.3) is 11.6 Å². The van der Waals surface area contributed by atoms with Crippen LogP contribution in [-0.4, -0.2) is 21.0 Å². The summed E-state index contributed by atoms with van der Waals surface area (Å²) in [7, 11) is 0. The minimum Gasteiger partial charge on any atom is -0.422 e. The third kappa shape index (κ3) is 2.62. The SMILES string of the molecule is Cc1n[nH]c(C)c1NC(=O)c1cc2cc([N+](=O)[O-])ccc2oc1=O. The van der Waals surface area contributed by atoms with E-state index in [1.165, 1.54) is 24.3 Å². The minimum atomic E-state index is -0.826. The van der Waals surface area contributed by atoms with Crippen molar-refractivity contribution >= 4 is 28.3 Å². The molecule has 3 rings (SSSR count). The Hall–Kier alpha value is -3.49. The van der Waals surface area contributed by atoms with Crippen molar-refractivity contribution in [2.45, 2.75) is 13.8 Å². The number of rotatable bonds is 3. The van der Waals surface area contributed by atoms with E-state index in [2.05, 4.69) is 15.5 Å². The summed E-state index contributed by atoms with van der Waals surface area (Å²) in [6.07, 6.45) is 0. The molecule has 0 spiro atoms. The van der Waals surface area contributed by atoms with Gasteiger partial charge < -0.3 is 9.73 Å². The zero-order chi connectivity index (χ0) is 17.4. The zero-order valence-corrected chi connectivity index (χ0v) is 12.7. The van der Waals surface area contributed by atoms with E-state index in [-0.39, 0.29) is 22.2 Å². The van der Waals surface area contributed by atoms with Gasteiger partial charge in [0.05, 0.1) is 22.0 Å². The van der Waals surface area contributed by atoms with E-state index < -0.39 is 16.5 Å². The lowest BCUT2D eigenvalue weighted by Gasteiger charge is -2.05. The number of benzene rings is 1. The van der Waals surface area contributed by atoms with Crippen LogP contribution in [0.4, 0.5) is 11.4 Å². The Morgan fingerprint density at radius 1 is 1.33 bits per heavy atom. The Bertz CT molecular complexity index is 1010. The highest BCUT2D eigenvalue weighted by Gasteiger charge is 2.18. The first-order valence-electron chi connectivity index (χ1n) is 6.92. The molecular weight excluding hydrogens is 316 g/mol. The van der Waals surface area contributed by atoms with Gasteiger partial charge in [0.2, 0.25) is 0 Å². The van der Waals surface area contributed by atoms with Gasteiger partial charge in [-0.1, -0.05) is 0 Å². The quantitative estimate of drug-likeness (QED) is 0.431. The Morgan fingerprint density at radius 2 is 2.08 bits per heavy atom. The molecular formula is C15H12N4O5. The second-order valence-electron chi connectivity index (χ2n) is 5.19. The van der Waals surface area contributed by atoms with Gasteiger partial charge in [0.15, 0.2) is 0 Å². The predicted molar refractivity (Wildman–Crippen MR) is 85.2 cm³/mol. The average Bonchev–Trinajstić information content (AvgIpc) is 2.85. The molecule has 122 valence electrons. The van der Waals surface area contributed by atoms with Crippen LogP contribution < -0.4 is 10.9 Å². The molecule has 0 aliphatic heterocycles. The predicted octanol–water partition coefficient (Wildman–Crippen LogP) is 2.29. The van der Waals surface area contributed by atoms with Crippen molar-refractivity contribution in [2.75, 3.05) is 5.32 Å². The number of hydrogen-bond donors (Lipinski definition) is 2. The van der Waals surface area contributed by atoms with Gasteiger partial charge in [-0.15, -0.1) is 0 Å². The van der Waals surface area contributed by atoms with Crippen LogP contribution in [0.5, 0.6) is 0 Å². The third-order valence-corrected chi connectivity index (χ3v) is 3.54. The molecule has 0 unspecified atom stereocenters. The number of aromatic nitrogens is 2. The molecule has 2 N–H and O–H groups in total. The van der Waals surface area contributed by atoms with Crippen molar-refractivity contribution < 1.29 is 14.1 Å². The van der Waals surface area contributed by atoms with Crippen LogP contribution in [0.15, 0.2) is 33.5 Å². The zero-order valence-electron chi connectivity index (χ0n) is 12.7. The maximum absolute atomic E-state index is 12.4. The van der Waals surface area contributed by atoms with E-state index in [0.29, 0.717) is 17.1 Å². The van der Waals surface area contributed by atoms with Crippen molar-refractivity contribution in [3.05, 3.63) is 61.8 Å². The Labute approximate surface area is 134 Å². The molecule has 2 heterocycles. The minimum absolute atomic E-state index is 0.163. The standard InChI is InChI=1S/C15H12N4O5/c1-7-13(8(2)18-17-7)16-14(20)11-6-9-5-10(19(22)23)3-4-12(9)24-15(11)21/h3-6H,1-2H3,(H,16,20)(H,17,18). The summed E-state index contributed by atoms with van der Waals surface area (Å²) in [4.78, 5) is 34.6. The van der Waals surface area contributed by atoms with Crippen molar-refractivity contribution in [3.63, 3.8) is 0 Å². The molecule has 0 aliphatic carbocycles. The average molecular weight is 328 g/mol. The van der Waals surface area contributed by atoms with Gasteiger partial charge in [-0.25, -0.2) is 4.79 Å². The van der Waals surface area contributed by atoms with Crippen LogP contribution in [0.3, 0.4) is 0 Å². The summed E-state index contributed by atoms with van der Waals surface area (Å²) < 4.78 is 5.07. The Kier molecular flexibility index (Phi) is 3.60. The second kappa shape index (κ2) is 5.61. The summed E-state index contributed by atoms with van der Waals surface area (Å²) in [6.45, 7) is 3.42. The van der Waals surface area contributed by atoms with E-state index in [4.69, 9.17) is 4.42 Å². The Balaban J connectivity index is 2.05. The lowest BCUT2D eigenvalue weighted by atomic mass is 10.1. The van der Waals surface area contributed by atoms with E-state index in [1.807, 2.05) is 0 Å². The molecule has 0 saturated carbocycles. The summed E-state index contributed by atoms with van der Waals surface area (Å²) in [5, 5.41) is 20.4. The number of fused-ring (bicyclic) bond motifs is 1. The molecule has 1 amide bonds. The van der Waals surface area contributed by atoms with Gasteiger partial charge in [0, 0.05) is 17.5 Å². The monoisotopic (exact) mass is 328 g/mol. The largest absolute Gasteiger partial charge is 0.422 e. The number of nitrogens with zero attached hydrogens (tertiary/aromatic N) is 2. The van der Waals surface area contributed by atoms with Gasteiger partial charge in [0.1, 0.15) is 11.1 Å². The van der Waals surface area contributed by atoms with Gasteiger partial charge in [-0.3, -0.25) is 20.0 Å². The van der Waals surface area contributed by atoms with Crippen molar-refractivity contribution in [1.29, 1.82) is 0 Å². The highest BCUT2D eigenvalue weighted by atomic mass is 16.6. The number of carbonyl (C=O) groups excluding carboxylic acids is 1. The van der Waals surface area contributed by atoms with Gasteiger partial charge in [-0.05, 0) is 26.0 Å². The van der Waals surface area contributed by atoms with Crippen LogP contribution in [0.2, 0.25) is 0 Å². The number of non-ortho nitro benzene ring substituents is 1. The number of H-pyrrole nitrogens is 1. The number of nitro benzene ring substituents is 1. The van der Waals surface area contributed by atoms with Gasteiger partial charge in [-0.2, -0.15) is 5.10 Å². The maximum atomic E-state index is 12.4. The number of amides is 1. The van der Waals surface area contributed by atoms with E-state index in [0.717, 1.165) is 0 Å². The van der Waals surface area contributed by atoms with Crippen LogP contribution in [0.1, 0.15) is 21.7 Å². The highest BCUT2D eigenvalue weighted by Crippen LogP contribution is 2.21. The molecule has 9 nitrogen and oxygen atoms in total. The molecule has 0 radical (unpaired) electrons. The van der Waals surface area contributed by atoms with Crippen LogP contribution in [-0.2, 0) is 0 Å². The molecule has 0 bridgehead atoms. The number of anilines is 1. The summed E-state index contributed by atoms with van der Waals surface area (Å²) in [6, 6.07) is 5.06. The number of nitro groups is 1. The van der Waals surface area contributed by atoms with E-state index in [9.17, 15) is 19.7 Å². The fourth-order valence-corrected chi connectivity index (χ4v) is 2.30. The van der Waals surface area contributed by atoms with Crippen LogP contribution in [0, 0.1) is 24.0 Å². The lowest BCUT2D eigenvalue weighted by molar-refractivity contribution is -0.384. The summed E-state index contributed by atoms with van der Waals surface area (Å²) in [5.74, 6) is -0.676. The van der Waals surface area contributed by atoms with E-state index in [1.54, 1.807) is 13.8 Å². The number of nitrogens with one attached hydrogen (secondary N) is 2. The molecule has 0 atom stereocenters. The fourth-order valence-electron chi connectivity index (χ4n) is 2.30. The van der Waals surface area contributed by atoms with E-state index >= 15 is 0 Å². The van der Waals surface area contributed by atoms with Crippen molar-refractivity contribution in [2.24, 2.45) is 0 Å². The first-order valence-corrected chi connectivity index (χ1v) is 6.92. The van der Waals surface area contributed by atoms with Gasteiger partial charge >= 0.3 is 5.63 Å². The normalized spacial score (nSPS) is 10.8. The number of aromatic amines is 1. The summed E-state index contributed by atoms with van der Waals surface area (Å²) >= 11 is 0. The molecule has 0 fully saturated rings. The molecule has 9 heteroatoms. The molecule has 24 heavy (non-hydrogen) atoms. The summed E-state index contributed by atoms with van der Waals surface area (Å²) in [5.41, 5.74) is 0.611. The van der Waals surface area contributed by atoms with Crippen LogP contribution in [0.25, 0.3) is 11.0 Å². The number of aryl methyl sites for hydroxylation is 2. The molecule has 3 aromatic rings. The topological polar surface area (TPSA) is 131 Å². The maximum Gasteiger partial charge on any atom is 0.349 e. The number of hydrogen-bond acceptors (Lipinski definition) is 6. The molecule has 0 saturated heterocycles. The Morgan fingerprint density at radius 3 is 2.71 bits per heavy atom.